The predicted octanol–water partition coefficient (Wildman–Crippen LogP) is 2.34. The molecule has 0 spiro atoms. The Balaban J connectivity index is 2.25. The van der Waals surface area contributed by atoms with E-state index in [0.29, 0.717) is 17.9 Å². The summed E-state index contributed by atoms with van der Waals surface area (Å²) in [7, 11) is 0. The number of hydrogen-bond donors (Lipinski definition) is 2. The van der Waals surface area contributed by atoms with Gasteiger partial charge in [-0.15, -0.1) is 0 Å². The number of nitrogens with two attached hydrogens (primary N) is 1. The van der Waals surface area contributed by atoms with E-state index in [2.05, 4.69) is 44.3 Å². The molecule has 1 aromatic rings. The lowest BCUT2D eigenvalue weighted by atomic mass is 9.78. The molecule has 1 aliphatic heterocycles. The first kappa shape index (κ1) is 12.6. The Bertz CT molecular complexity index is 387. The smallest absolute Gasteiger partial charge is 0.00447 e. The summed E-state index contributed by atoms with van der Waals surface area (Å²) in [4.78, 5) is 0. The van der Waals surface area contributed by atoms with Gasteiger partial charge in [0.2, 0.25) is 0 Å². The minimum Gasteiger partial charge on any atom is -0.330 e. The van der Waals surface area contributed by atoms with E-state index in [9.17, 15) is 0 Å². The van der Waals surface area contributed by atoms with E-state index in [4.69, 9.17) is 5.73 Å². The van der Waals surface area contributed by atoms with E-state index in [1.165, 1.54) is 23.1 Å². The molecule has 1 heterocycles. The van der Waals surface area contributed by atoms with Gasteiger partial charge in [0.05, 0.1) is 0 Å². The van der Waals surface area contributed by atoms with Crippen LogP contribution in [-0.4, -0.2) is 19.1 Å². The summed E-state index contributed by atoms with van der Waals surface area (Å²) in [5.41, 5.74) is 10.1. The van der Waals surface area contributed by atoms with Crippen molar-refractivity contribution in [3.63, 3.8) is 0 Å². The third-order valence-electron chi connectivity index (χ3n) is 4.17. The summed E-state index contributed by atoms with van der Waals surface area (Å²) >= 11 is 0. The average Bonchev–Trinajstić information content (AvgIpc) is 2.32. The Labute approximate surface area is 105 Å². The highest BCUT2D eigenvalue weighted by molar-refractivity contribution is 5.32. The van der Waals surface area contributed by atoms with Gasteiger partial charge in [-0.1, -0.05) is 18.2 Å². The molecular weight excluding hydrogens is 208 g/mol. The maximum atomic E-state index is 5.90. The maximum absolute atomic E-state index is 5.90. The van der Waals surface area contributed by atoms with Crippen molar-refractivity contribution in [1.29, 1.82) is 0 Å². The SMILES string of the molecule is Cc1ccc(C2CC(C)NCC2CN)cc1C. The van der Waals surface area contributed by atoms with Crippen LogP contribution in [0.4, 0.5) is 0 Å². The van der Waals surface area contributed by atoms with Gasteiger partial charge in [0.15, 0.2) is 0 Å². The molecule has 0 saturated carbocycles. The number of aryl methyl sites for hydroxylation is 2. The fourth-order valence-corrected chi connectivity index (χ4v) is 2.80. The molecule has 2 nitrogen and oxygen atoms in total. The average molecular weight is 232 g/mol. The highest BCUT2D eigenvalue weighted by Crippen LogP contribution is 2.32. The van der Waals surface area contributed by atoms with Crippen LogP contribution in [0.25, 0.3) is 0 Å². The van der Waals surface area contributed by atoms with Crippen molar-refractivity contribution in [3.8, 4) is 0 Å². The number of hydrogen-bond acceptors (Lipinski definition) is 2. The number of rotatable bonds is 2. The molecule has 94 valence electrons. The van der Waals surface area contributed by atoms with Crippen LogP contribution >= 0.6 is 0 Å². The minimum absolute atomic E-state index is 0.577. The predicted molar refractivity (Wildman–Crippen MR) is 73.3 cm³/mol. The van der Waals surface area contributed by atoms with E-state index in [0.717, 1.165) is 13.1 Å². The highest BCUT2D eigenvalue weighted by Gasteiger charge is 2.28. The Kier molecular flexibility index (Phi) is 3.85. The van der Waals surface area contributed by atoms with Crippen molar-refractivity contribution < 1.29 is 0 Å². The van der Waals surface area contributed by atoms with Crippen LogP contribution in [0.2, 0.25) is 0 Å². The second kappa shape index (κ2) is 5.19. The Hall–Kier alpha value is -0.860. The van der Waals surface area contributed by atoms with Gasteiger partial charge in [-0.3, -0.25) is 0 Å². The normalized spacial score (nSPS) is 29.3. The molecule has 17 heavy (non-hydrogen) atoms. The number of piperidine rings is 1. The summed E-state index contributed by atoms with van der Waals surface area (Å²) in [6.07, 6.45) is 1.20. The molecule has 1 aliphatic rings. The fourth-order valence-electron chi connectivity index (χ4n) is 2.80. The molecule has 2 rings (SSSR count). The minimum atomic E-state index is 0.577. The first-order valence-electron chi connectivity index (χ1n) is 6.62. The van der Waals surface area contributed by atoms with Gasteiger partial charge < -0.3 is 11.1 Å². The molecule has 3 unspecified atom stereocenters. The zero-order valence-electron chi connectivity index (χ0n) is 11.2. The van der Waals surface area contributed by atoms with Crippen molar-refractivity contribution in [2.45, 2.75) is 39.2 Å². The third-order valence-corrected chi connectivity index (χ3v) is 4.17. The van der Waals surface area contributed by atoms with Crippen LogP contribution in [-0.2, 0) is 0 Å². The zero-order chi connectivity index (χ0) is 12.4. The van der Waals surface area contributed by atoms with Crippen LogP contribution in [0.5, 0.6) is 0 Å². The molecule has 0 radical (unpaired) electrons. The van der Waals surface area contributed by atoms with Crippen LogP contribution in [0, 0.1) is 19.8 Å². The van der Waals surface area contributed by atoms with E-state index in [-0.39, 0.29) is 0 Å². The zero-order valence-corrected chi connectivity index (χ0v) is 11.2. The van der Waals surface area contributed by atoms with Crippen molar-refractivity contribution in [3.05, 3.63) is 34.9 Å². The highest BCUT2D eigenvalue weighted by atomic mass is 14.9. The van der Waals surface area contributed by atoms with Gasteiger partial charge in [-0.25, -0.2) is 0 Å². The van der Waals surface area contributed by atoms with Crippen LogP contribution in [0.3, 0.4) is 0 Å². The van der Waals surface area contributed by atoms with Gasteiger partial charge in [0.1, 0.15) is 0 Å². The van der Waals surface area contributed by atoms with Crippen molar-refractivity contribution in [1.82, 2.24) is 5.32 Å². The lowest BCUT2D eigenvalue weighted by Gasteiger charge is -2.35. The first-order chi connectivity index (χ1) is 8.11. The molecule has 1 fully saturated rings. The monoisotopic (exact) mass is 232 g/mol. The van der Waals surface area contributed by atoms with Crippen LogP contribution in [0.1, 0.15) is 36.0 Å². The van der Waals surface area contributed by atoms with Crippen LogP contribution < -0.4 is 11.1 Å². The molecular formula is C15H24N2. The molecule has 0 amide bonds. The van der Waals surface area contributed by atoms with E-state index < -0.39 is 0 Å². The van der Waals surface area contributed by atoms with Gasteiger partial charge in [-0.2, -0.15) is 0 Å². The number of nitrogens with one attached hydrogen (secondary N) is 1. The topological polar surface area (TPSA) is 38.0 Å². The second-order valence-corrected chi connectivity index (χ2v) is 5.49. The first-order valence-corrected chi connectivity index (χ1v) is 6.62. The molecule has 1 aromatic carbocycles. The maximum Gasteiger partial charge on any atom is 0.00447 e. The molecule has 3 N–H and O–H groups in total. The molecule has 0 aliphatic carbocycles. The Morgan fingerprint density at radius 2 is 2.06 bits per heavy atom. The standard InChI is InChI=1S/C15H24N2/c1-10-4-5-13(6-11(10)2)15-7-12(3)17-9-14(15)8-16/h4-6,12,14-15,17H,7-9,16H2,1-3H3. The second-order valence-electron chi connectivity index (χ2n) is 5.49. The third kappa shape index (κ3) is 2.70. The lowest BCUT2D eigenvalue weighted by molar-refractivity contribution is 0.285. The van der Waals surface area contributed by atoms with Crippen molar-refractivity contribution in [2.75, 3.05) is 13.1 Å². The lowest BCUT2D eigenvalue weighted by Crippen LogP contribution is -2.44. The fraction of sp³-hybridized carbons (Fsp3) is 0.600. The molecule has 1 saturated heterocycles. The summed E-state index contributed by atoms with van der Waals surface area (Å²) in [6, 6.07) is 7.48. The van der Waals surface area contributed by atoms with E-state index >= 15 is 0 Å². The van der Waals surface area contributed by atoms with Gasteiger partial charge in [0.25, 0.3) is 0 Å². The number of benzene rings is 1. The Morgan fingerprint density at radius 1 is 1.29 bits per heavy atom. The molecule has 0 bridgehead atoms. The largest absolute Gasteiger partial charge is 0.330 e. The van der Waals surface area contributed by atoms with Crippen molar-refractivity contribution in [2.24, 2.45) is 11.7 Å². The van der Waals surface area contributed by atoms with Crippen LogP contribution in [0.15, 0.2) is 18.2 Å². The van der Waals surface area contributed by atoms with E-state index in [1.54, 1.807) is 0 Å². The summed E-state index contributed by atoms with van der Waals surface area (Å²) in [6.45, 7) is 8.46. The van der Waals surface area contributed by atoms with Gasteiger partial charge in [-0.05, 0) is 68.8 Å². The quantitative estimate of drug-likeness (QED) is 0.821. The molecule has 3 atom stereocenters. The van der Waals surface area contributed by atoms with Crippen molar-refractivity contribution >= 4 is 0 Å². The molecule has 2 heteroatoms. The summed E-state index contributed by atoms with van der Waals surface area (Å²) in [5.74, 6) is 1.20. The summed E-state index contributed by atoms with van der Waals surface area (Å²) < 4.78 is 0. The van der Waals surface area contributed by atoms with E-state index in [1.807, 2.05) is 0 Å². The Morgan fingerprint density at radius 3 is 2.71 bits per heavy atom. The van der Waals surface area contributed by atoms with Gasteiger partial charge in [0, 0.05) is 6.04 Å². The van der Waals surface area contributed by atoms with Gasteiger partial charge >= 0.3 is 0 Å². The summed E-state index contributed by atoms with van der Waals surface area (Å²) in [5, 5.41) is 3.53. The molecule has 0 aromatic heterocycles.